The van der Waals surface area contributed by atoms with Crippen molar-refractivity contribution in [1.82, 2.24) is 19.5 Å². The first-order valence-electron chi connectivity index (χ1n) is 12.2. The van der Waals surface area contributed by atoms with Crippen LogP contribution in [0.5, 0.6) is 5.75 Å². The summed E-state index contributed by atoms with van der Waals surface area (Å²) in [6.45, 7) is 2.99. The van der Waals surface area contributed by atoms with Gasteiger partial charge in [-0.15, -0.1) is 5.10 Å². The summed E-state index contributed by atoms with van der Waals surface area (Å²) in [5, 5.41) is 20.7. The first-order valence-corrected chi connectivity index (χ1v) is 12.2. The van der Waals surface area contributed by atoms with Gasteiger partial charge < -0.3 is 5.11 Å². The monoisotopic (exact) mass is 522 g/mol. The van der Waals surface area contributed by atoms with Gasteiger partial charge in [0.25, 0.3) is 11.8 Å². The predicted molar refractivity (Wildman–Crippen MR) is 140 cm³/mol. The number of carbonyl (C=O) groups is 3. The summed E-state index contributed by atoms with van der Waals surface area (Å²) in [5.74, 6) is -1.08. The van der Waals surface area contributed by atoms with E-state index in [-0.39, 0.29) is 34.6 Å². The minimum Gasteiger partial charge on any atom is -0.508 e. The van der Waals surface area contributed by atoms with E-state index in [2.05, 4.69) is 10.2 Å². The van der Waals surface area contributed by atoms with Crippen LogP contribution in [0, 0.1) is 6.92 Å². The molecule has 0 fully saturated rings. The molecule has 3 amide bonds. The fourth-order valence-corrected chi connectivity index (χ4v) is 4.94. The van der Waals surface area contributed by atoms with E-state index in [4.69, 9.17) is 0 Å². The summed E-state index contributed by atoms with van der Waals surface area (Å²) in [6.07, 6.45) is 0.469. The van der Waals surface area contributed by atoms with Crippen LogP contribution in [-0.4, -0.2) is 48.0 Å². The van der Waals surface area contributed by atoms with Gasteiger partial charge in [0.15, 0.2) is 5.82 Å². The Morgan fingerprint density at radius 1 is 0.897 bits per heavy atom. The van der Waals surface area contributed by atoms with E-state index in [1.807, 2.05) is 0 Å². The van der Waals surface area contributed by atoms with Crippen LogP contribution in [0.25, 0.3) is 5.69 Å². The molecular weight excluding hydrogens is 500 g/mol. The van der Waals surface area contributed by atoms with Gasteiger partial charge in [0.1, 0.15) is 5.75 Å². The lowest BCUT2D eigenvalue weighted by atomic mass is 9.98. The van der Waals surface area contributed by atoms with Gasteiger partial charge in [-0.3, -0.25) is 14.4 Å². The Morgan fingerprint density at radius 2 is 1.51 bits per heavy atom. The zero-order chi connectivity index (χ0) is 27.4. The number of rotatable bonds is 4. The molecule has 11 nitrogen and oxygen atoms in total. The smallest absolute Gasteiger partial charge is 0.370 e. The number of aromatic hydroxyl groups is 1. The van der Waals surface area contributed by atoms with E-state index in [1.165, 1.54) is 11.9 Å². The molecule has 6 rings (SSSR count). The number of hydrogen-bond acceptors (Lipinski definition) is 7. The van der Waals surface area contributed by atoms with Crippen LogP contribution < -0.4 is 10.7 Å². The van der Waals surface area contributed by atoms with Gasteiger partial charge in [-0.2, -0.15) is 19.5 Å². The summed E-state index contributed by atoms with van der Waals surface area (Å²) in [4.78, 5) is 51.5. The van der Waals surface area contributed by atoms with Crippen LogP contribution in [0.4, 0.5) is 0 Å². The first kappa shape index (κ1) is 24.0. The molecule has 39 heavy (non-hydrogen) atoms. The summed E-state index contributed by atoms with van der Waals surface area (Å²) in [5.41, 5.74) is 2.52. The van der Waals surface area contributed by atoms with E-state index >= 15 is 0 Å². The molecule has 0 aliphatic carbocycles. The van der Waals surface area contributed by atoms with E-state index in [0.717, 1.165) is 25.5 Å². The normalized spacial score (nSPS) is 16.6. The quantitative estimate of drug-likeness (QED) is 0.410. The molecular formula is C28H22N6O5. The van der Waals surface area contributed by atoms with E-state index in [0.29, 0.717) is 17.8 Å². The van der Waals surface area contributed by atoms with Crippen molar-refractivity contribution in [1.29, 1.82) is 0 Å². The highest BCUT2D eigenvalue weighted by atomic mass is 16.3. The number of hydrazone groups is 1. The third kappa shape index (κ3) is 3.82. The average Bonchev–Trinajstić information content (AvgIpc) is 3.58. The number of nitrogens with zero attached hydrogens (tertiary/aromatic N) is 6. The van der Waals surface area contributed by atoms with Gasteiger partial charge >= 0.3 is 5.69 Å². The Hall–Kier alpha value is -5.32. The lowest BCUT2D eigenvalue weighted by Crippen LogP contribution is -2.46. The van der Waals surface area contributed by atoms with Crippen molar-refractivity contribution >= 4 is 23.4 Å². The Morgan fingerprint density at radius 3 is 2.10 bits per heavy atom. The average molecular weight is 523 g/mol. The van der Waals surface area contributed by atoms with Crippen molar-refractivity contribution in [2.24, 2.45) is 5.10 Å². The molecule has 1 unspecified atom stereocenters. The first-order chi connectivity index (χ1) is 18.7. The lowest BCUT2D eigenvalue weighted by molar-refractivity contribution is -0.130. The van der Waals surface area contributed by atoms with Crippen LogP contribution >= 0.6 is 0 Å². The molecule has 3 heterocycles. The van der Waals surface area contributed by atoms with Crippen LogP contribution in [0.15, 0.2) is 82.7 Å². The zero-order valence-corrected chi connectivity index (χ0v) is 21.0. The number of aryl methyl sites for hydroxylation is 1. The van der Waals surface area contributed by atoms with Crippen LogP contribution in [0.2, 0.25) is 0 Å². The molecule has 1 atom stereocenters. The molecule has 0 spiro atoms. The van der Waals surface area contributed by atoms with Crippen molar-refractivity contribution in [3.63, 3.8) is 0 Å². The molecule has 11 heteroatoms. The Balaban J connectivity index is 1.29. The van der Waals surface area contributed by atoms with Crippen molar-refractivity contribution in [2.75, 3.05) is 5.01 Å². The van der Waals surface area contributed by atoms with Crippen molar-refractivity contribution < 1.29 is 19.5 Å². The third-order valence-electron chi connectivity index (χ3n) is 6.84. The molecule has 0 bridgehead atoms. The van der Waals surface area contributed by atoms with Crippen molar-refractivity contribution in [3.05, 3.63) is 111 Å². The molecule has 1 aromatic heterocycles. The second-order valence-electron chi connectivity index (χ2n) is 9.29. The molecule has 4 aromatic rings. The maximum atomic E-state index is 13.3. The largest absolute Gasteiger partial charge is 0.508 e. The molecule has 1 N–H and O–H groups in total. The molecule has 3 aromatic carbocycles. The summed E-state index contributed by atoms with van der Waals surface area (Å²) >= 11 is 0. The highest BCUT2D eigenvalue weighted by Crippen LogP contribution is 2.33. The van der Waals surface area contributed by atoms with E-state index in [1.54, 1.807) is 79.7 Å². The molecule has 2 aliphatic heterocycles. The highest BCUT2D eigenvalue weighted by Gasteiger charge is 2.39. The minimum atomic E-state index is -0.664. The van der Waals surface area contributed by atoms with Gasteiger partial charge in [0.05, 0.1) is 28.6 Å². The third-order valence-corrected chi connectivity index (χ3v) is 6.84. The number of amides is 3. The predicted octanol–water partition coefficient (Wildman–Crippen LogP) is 2.68. The number of benzene rings is 3. The Kier molecular flexibility index (Phi) is 5.49. The number of hydrogen-bond donors (Lipinski definition) is 1. The minimum absolute atomic E-state index is 0.138. The summed E-state index contributed by atoms with van der Waals surface area (Å²) in [6, 6.07) is 19.7. The second-order valence-corrected chi connectivity index (χ2v) is 9.29. The fraction of sp³-hybridized carbons (Fsp3) is 0.143. The maximum Gasteiger partial charge on any atom is 0.370 e. The molecule has 0 saturated carbocycles. The topological polar surface area (TPSA) is 130 Å². The van der Waals surface area contributed by atoms with Gasteiger partial charge in [0, 0.05) is 13.3 Å². The van der Waals surface area contributed by atoms with Crippen LogP contribution in [0.3, 0.4) is 0 Å². The van der Waals surface area contributed by atoms with Gasteiger partial charge in [-0.25, -0.2) is 9.80 Å². The molecule has 194 valence electrons. The van der Waals surface area contributed by atoms with Crippen molar-refractivity contribution in [2.45, 2.75) is 26.3 Å². The van der Waals surface area contributed by atoms with Gasteiger partial charge in [0.2, 0.25) is 5.91 Å². The number of imide groups is 1. The SMILES string of the molecule is CC(=O)N1N=C(c2ccc(-n3nc(C)n(N4C(=O)c5ccccc5C4=O)c3=O)cc2)CC1c1ccc(O)cc1. The second kappa shape index (κ2) is 8.91. The Labute approximate surface area is 221 Å². The van der Waals surface area contributed by atoms with Crippen molar-refractivity contribution in [3.8, 4) is 11.4 Å². The molecule has 0 radical (unpaired) electrons. The number of fused-ring (bicyclic) bond motifs is 1. The van der Waals surface area contributed by atoms with E-state index in [9.17, 15) is 24.3 Å². The van der Waals surface area contributed by atoms with Crippen LogP contribution in [-0.2, 0) is 4.79 Å². The van der Waals surface area contributed by atoms with E-state index < -0.39 is 17.5 Å². The number of aromatic nitrogens is 3. The zero-order valence-electron chi connectivity index (χ0n) is 21.0. The molecule has 0 saturated heterocycles. The van der Waals surface area contributed by atoms with Gasteiger partial charge in [-0.1, -0.05) is 36.4 Å². The van der Waals surface area contributed by atoms with Crippen LogP contribution in [0.1, 0.15) is 57.1 Å². The number of phenols is 1. The number of phenolic OH excluding ortho intramolecular Hbond substituents is 1. The summed E-state index contributed by atoms with van der Waals surface area (Å²) in [7, 11) is 0. The molecule has 2 aliphatic rings. The standard InChI is InChI=1S/C28H22N6O5/c1-16-29-32(28(39)33(16)34-26(37)22-5-3-4-6-23(22)27(34)38)20-11-7-18(8-12-20)24-15-25(31(30-24)17(2)35)19-9-13-21(36)14-10-19/h3-14,25,36H,15H2,1-2H3. The summed E-state index contributed by atoms with van der Waals surface area (Å²) < 4.78 is 2.10. The lowest BCUT2D eigenvalue weighted by Gasteiger charge is -2.20. The highest BCUT2D eigenvalue weighted by molar-refractivity contribution is 6.30. The maximum absolute atomic E-state index is 13.3. The van der Waals surface area contributed by atoms with Gasteiger partial charge in [-0.05, 0) is 54.4 Å². The Bertz CT molecular complexity index is 1720. The fourth-order valence-electron chi connectivity index (χ4n) is 4.94. The number of carbonyl (C=O) groups excluding carboxylic acids is 3.